The first-order valence-electron chi connectivity index (χ1n) is 6.08. The average molecular weight is 301 g/mol. The van der Waals surface area contributed by atoms with Gasteiger partial charge in [-0.1, -0.05) is 23.7 Å². The van der Waals surface area contributed by atoms with Gasteiger partial charge >= 0.3 is 12.0 Å². The van der Waals surface area contributed by atoms with Crippen LogP contribution in [0, 0.1) is 0 Å². The van der Waals surface area contributed by atoms with E-state index in [0.717, 1.165) is 0 Å². The number of carboxylic acids is 1. The minimum Gasteiger partial charge on any atom is -0.480 e. The van der Waals surface area contributed by atoms with Gasteiger partial charge < -0.3 is 20.5 Å². The number of amides is 2. The molecule has 110 valence electrons. The van der Waals surface area contributed by atoms with Crippen LogP contribution < -0.4 is 10.6 Å². The molecule has 0 aliphatic rings. The van der Waals surface area contributed by atoms with Crippen molar-refractivity contribution in [1.29, 1.82) is 0 Å². The van der Waals surface area contributed by atoms with Gasteiger partial charge in [0.1, 0.15) is 6.04 Å². The Balaban J connectivity index is 2.54. The molecule has 0 fully saturated rings. The third-order valence-corrected chi connectivity index (χ3v) is 2.90. The van der Waals surface area contributed by atoms with Gasteiger partial charge in [0.15, 0.2) is 0 Å². The van der Waals surface area contributed by atoms with Crippen molar-refractivity contribution in [2.75, 3.05) is 19.0 Å². The fraction of sp³-hybridized carbons (Fsp3) is 0.385. The van der Waals surface area contributed by atoms with Gasteiger partial charge in [-0.3, -0.25) is 0 Å². The number of rotatable bonds is 7. The van der Waals surface area contributed by atoms with E-state index in [0.29, 0.717) is 30.2 Å². The van der Waals surface area contributed by atoms with Crippen LogP contribution in [0.15, 0.2) is 24.3 Å². The van der Waals surface area contributed by atoms with Crippen molar-refractivity contribution >= 4 is 29.3 Å². The van der Waals surface area contributed by atoms with E-state index in [2.05, 4.69) is 10.6 Å². The maximum Gasteiger partial charge on any atom is 0.326 e. The summed E-state index contributed by atoms with van der Waals surface area (Å²) in [6.45, 7) is 0.442. The van der Waals surface area contributed by atoms with E-state index < -0.39 is 18.0 Å². The standard InChI is InChI=1S/C13H17ClN2O4/c1-20-8-4-7-11(12(17)18)16-13(19)15-10-6-3-2-5-9(10)14/h2-3,5-6,11H,4,7-8H2,1H3,(H,17,18)(H2,15,16,19). The highest BCUT2D eigenvalue weighted by molar-refractivity contribution is 6.33. The van der Waals surface area contributed by atoms with Crippen LogP contribution in [-0.2, 0) is 9.53 Å². The summed E-state index contributed by atoms with van der Waals surface area (Å²) in [6.07, 6.45) is 0.832. The largest absolute Gasteiger partial charge is 0.480 e. The molecule has 0 saturated carbocycles. The van der Waals surface area contributed by atoms with E-state index in [4.69, 9.17) is 21.4 Å². The lowest BCUT2D eigenvalue weighted by Gasteiger charge is -2.15. The Kier molecular flexibility index (Phi) is 6.83. The van der Waals surface area contributed by atoms with E-state index in [-0.39, 0.29) is 0 Å². The first kappa shape index (κ1) is 16.3. The van der Waals surface area contributed by atoms with Crippen LogP contribution in [0.1, 0.15) is 12.8 Å². The first-order valence-corrected chi connectivity index (χ1v) is 6.46. The zero-order valence-corrected chi connectivity index (χ0v) is 11.8. The predicted octanol–water partition coefficient (Wildman–Crippen LogP) is 2.34. The molecule has 1 unspecified atom stereocenters. The lowest BCUT2D eigenvalue weighted by atomic mass is 10.1. The summed E-state index contributed by atoms with van der Waals surface area (Å²) in [5, 5.41) is 14.3. The molecule has 0 spiro atoms. The fourth-order valence-corrected chi connectivity index (χ4v) is 1.75. The van der Waals surface area contributed by atoms with Gasteiger partial charge in [0.05, 0.1) is 10.7 Å². The van der Waals surface area contributed by atoms with Crippen LogP contribution in [0.4, 0.5) is 10.5 Å². The summed E-state index contributed by atoms with van der Waals surface area (Å²) in [5.74, 6) is -1.09. The van der Waals surface area contributed by atoms with Crippen molar-refractivity contribution in [3.05, 3.63) is 29.3 Å². The highest BCUT2D eigenvalue weighted by atomic mass is 35.5. The van der Waals surface area contributed by atoms with E-state index >= 15 is 0 Å². The number of aliphatic carboxylic acids is 1. The number of ether oxygens (including phenoxy) is 1. The molecule has 0 radical (unpaired) electrons. The van der Waals surface area contributed by atoms with E-state index in [1.54, 1.807) is 24.3 Å². The SMILES string of the molecule is COCCCC(NC(=O)Nc1ccccc1Cl)C(=O)O. The lowest BCUT2D eigenvalue weighted by molar-refractivity contribution is -0.139. The minimum absolute atomic E-state index is 0.291. The van der Waals surface area contributed by atoms with Gasteiger partial charge in [0.2, 0.25) is 0 Å². The predicted molar refractivity (Wildman–Crippen MR) is 76.1 cm³/mol. The van der Waals surface area contributed by atoms with Crippen LogP contribution in [0.2, 0.25) is 5.02 Å². The Morgan fingerprint density at radius 1 is 1.40 bits per heavy atom. The third-order valence-electron chi connectivity index (χ3n) is 2.57. The number of carbonyl (C=O) groups excluding carboxylic acids is 1. The molecule has 3 N–H and O–H groups in total. The number of benzene rings is 1. The van der Waals surface area contributed by atoms with Crippen molar-refractivity contribution < 1.29 is 19.4 Å². The quantitative estimate of drug-likeness (QED) is 0.674. The third kappa shape index (κ3) is 5.46. The molecular formula is C13H17ClN2O4. The molecule has 20 heavy (non-hydrogen) atoms. The van der Waals surface area contributed by atoms with Gasteiger partial charge in [0, 0.05) is 13.7 Å². The van der Waals surface area contributed by atoms with E-state index in [1.165, 1.54) is 7.11 Å². The zero-order valence-electron chi connectivity index (χ0n) is 11.1. The van der Waals surface area contributed by atoms with Crippen LogP contribution in [0.3, 0.4) is 0 Å². The fourth-order valence-electron chi connectivity index (χ4n) is 1.57. The van der Waals surface area contributed by atoms with Gasteiger partial charge in [-0.05, 0) is 25.0 Å². The van der Waals surface area contributed by atoms with Crippen molar-refractivity contribution in [2.45, 2.75) is 18.9 Å². The number of urea groups is 1. The molecule has 1 atom stereocenters. The Bertz CT molecular complexity index is 467. The molecule has 7 heteroatoms. The molecule has 2 amide bonds. The number of anilines is 1. The monoisotopic (exact) mass is 300 g/mol. The van der Waals surface area contributed by atoms with E-state index in [9.17, 15) is 9.59 Å². The van der Waals surface area contributed by atoms with Crippen LogP contribution in [0.25, 0.3) is 0 Å². The van der Waals surface area contributed by atoms with Crippen LogP contribution in [0.5, 0.6) is 0 Å². The second-order valence-corrected chi connectivity index (χ2v) is 4.51. The number of carbonyl (C=O) groups is 2. The average Bonchev–Trinajstić information content (AvgIpc) is 2.40. The van der Waals surface area contributed by atoms with E-state index in [1.807, 2.05) is 0 Å². The number of methoxy groups -OCH3 is 1. The summed E-state index contributed by atoms with van der Waals surface area (Å²) in [5.41, 5.74) is 0.424. The molecule has 0 aliphatic carbocycles. The lowest BCUT2D eigenvalue weighted by Crippen LogP contribution is -2.43. The second-order valence-electron chi connectivity index (χ2n) is 4.10. The topological polar surface area (TPSA) is 87.7 Å². The molecule has 1 rings (SSSR count). The van der Waals surface area contributed by atoms with Crippen molar-refractivity contribution in [3.8, 4) is 0 Å². The van der Waals surface area contributed by atoms with Crippen molar-refractivity contribution in [3.63, 3.8) is 0 Å². The van der Waals surface area contributed by atoms with Crippen molar-refractivity contribution in [1.82, 2.24) is 5.32 Å². The van der Waals surface area contributed by atoms with Gasteiger partial charge in [-0.15, -0.1) is 0 Å². The summed E-state index contributed by atoms with van der Waals surface area (Å²) >= 11 is 5.89. The maximum atomic E-state index is 11.7. The molecule has 1 aromatic carbocycles. The van der Waals surface area contributed by atoms with Gasteiger partial charge in [-0.25, -0.2) is 9.59 Å². The number of carboxylic acid groups (broad SMARTS) is 1. The molecule has 0 aliphatic heterocycles. The van der Waals surface area contributed by atoms with Gasteiger partial charge in [0.25, 0.3) is 0 Å². The van der Waals surface area contributed by atoms with Crippen molar-refractivity contribution in [2.24, 2.45) is 0 Å². The van der Waals surface area contributed by atoms with Crippen LogP contribution in [-0.4, -0.2) is 36.9 Å². The Hall–Kier alpha value is -1.79. The second kappa shape index (κ2) is 8.39. The number of para-hydroxylation sites is 1. The number of nitrogens with one attached hydrogen (secondary N) is 2. The highest BCUT2D eigenvalue weighted by Crippen LogP contribution is 2.20. The summed E-state index contributed by atoms with van der Waals surface area (Å²) < 4.78 is 4.85. The normalized spacial score (nSPS) is 11.7. The number of hydrogen-bond acceptors (Lipinski definition) is 3. The molecule has 6 nitrogen and oxygen atoms in total. The zero-order chi connectivity index (χ0) is 15.0. The maximum absolute atomic E-state index is 11.7. The Morgan fingerprint density at radius 2 is 2.10 bits per heavy atom. The summed E-state index contributed by atoms with van der Waals surface area (Å²) in [7, 11) is 1.54. The molecule has 1 aromatic rings. The highest BCUT2D eigenvalue weighted by Gasteiger charge is 2.19. The molecular weight excluding hydrogens is 284 g/mol. The molecule has 0 aromatic heterocycles. The summed E-state index contributed by atoms with van der Waals surface area (Å²) in [6, 6.07) is 5.13. The number of hydrogen-bond donors (Lipinski definition) is 3. The Morgan fingerprint density at radius 3 is 2.70 bits per heavy atom. The Labute approximate surface area is 122 Å². The molecule has 0 heterocycles. The molecule has 0 saturated heterocycles. The number of halogens is 1. The van der Waals surface area contributed by atoms with Crippen LogP contribution >= 0.6 is 11.6 Å². The summed E-state index contributed by atoms with van der Waals surface area (Å²) in [4.78, 5) is 22.8. The smallest absolute Gasteiger partial charge is 0.326 e. The molecule has 0 bridgehead atoms. The first-order chi connectivity index (χ1) is 9.54. The van der Waals surface area contributed by atoms with Gasteiger partial charge in [-0.2, -0.15) is 0 Å². The minimum atomic E-state index is -1.09.